The van der Waals surface area contributed by atoms with E-state index in [9.17, 15) is 9.59 Å². The topological polar surface area (TPSA) is 120 Å². The summed E-state index contributed by atoms with van der Waals surface area (Å²) in [7, 11) is 0. The number of hydrogen-bond acceptors (Lipinski definition) is 9. The van der Waals surface area contributed by atoms with Crippen LogP contribution in [0.25, 0.3) is 11.0 Å². The van der Waals surface area contributed by atoms with Gasteiger partial charge in [0.1, 0.15) is 11.3 Å². The van der Waals surface area contributed by atoms with Crippen molar-refractivity contribution >= 4 is 56.8 Å². The van der Waals surface area contributed by atoms with Crippen molar-refractivity contribution < 1.29 is 18.7 Å². The lowest BCUT2D eigenvalue weighted by Gasteiger charge is -2.05. The van der Waals surface area contributed by atoms with E-state index in [1.807, 2.05) is 0 Å². The number of amides is 1. The minimum absolute atomic E-state index is 0.0263. The molecule has 0 bridgehead atoms. The summed E-state index contributed by atoms with van der Waals surface area (Å²) in [6.45, 7) is 1.90. The van der Waals surface area contributed by atoms with E-state index >= 15 is 0 Å². The molecule has 0 unspecified atom stereocenters. The van der Waals surface area contributed by atoms with Crippen LogP contribution in [0.2, 0.25) is 0 Å². The number of carbonyl (C=O) groups is 2. The second kappa shape index (κ2) is 7.53. The molecule has 8 nitrogen and oxygen atoms in total. The van der Waals surface area contributed by atoms with Gasteiger partial charge in [-0.05, 0) is 19.1 Å². The third-order valence-electron chi connectivity index (χ3n) is 3.07. The highest BCUT2D eigenvalue weighted by Gasteiger charge is 2.23. The SMILES string of the molecule is CCOC(=O)c1oc2ccccc2c1NC(=O)CSc1nnc(N)s1. The number of benzene rings is 1. The van der Waals surface area contributed by atoms with E-state index in [-0.39, 0.29) is 24.0 Å². The Balaban J connectivity index is 1.80. The zero-order chi connectivity index (χ0) is 17.8. The quantitative estimate of drug-likeness (QED) is 0.496. The van der Waals surface area contributed by atoms with Gasteiger partial charge in [-0.25, -0.2) is 4.79 Å². The third kappa shape index (κ3) is 3.91. The van der Waals surface area contributed by atoms with Gasteiger partial charge in [0.05, 0.1) is 12.4 Å². The Morgan fingerprint density at radius 2 is 2.16 bits per heavy atom. The second-order valence-corrected chi connectivity index (χ2v) is 7.00. The summed E-state index contributed by atoms with van der Waals surface area (Å²) >= 11 is 2.41. The Hall–Kier alpha value is -2.59. The van der Waals surface area contributed by atoms with E-state index < -0.39 is 5.97 Å². The molecule has 10 heteroatoms. The average Bonchev–Trinajstić information content (AvgIpc) is 3.17. The first kappa shape index (κ1) is 17.2. The van der Waals surface area contributed by atoms with Gasteiger partial charge < -0.3 is 20.2 Å². The van der Waals surface area contributed by atoms with Crippen LogP contribution in [0.1, 0.15) is 17.5 Å². The van der Waals surface area contributed by atoms with Gasteiger partial charge in [0.25, 0.3) is 0 Å². The van der Waals surface area contributed by atoms with Gasteiger partial charge in [0.15, 0.2) is 4.34 Å². The largest absolute Gasteiger partial charge is 0.460 e. The van der Waals surface area contributed by atoms with Gasteiger partial charge in [-0.2, -0.15) is 0 Å². The van der Waals surface area contributed by atoms with Crippen LogP contribution in [0, 0.1) is 0 Å². The highest BCUT2D eigenvalue weighted by atomic mass is 32.2. The molecule has 0 fully saturated rings. The first-order valence-corrected chi connectivity index (χ1v) is 9.09. The molecule has 3 N–H and O–H groups in total. The summed E-state index contributed by atoms with van der Waals surface area (Å²) in [6.07, 6.45) is 0. The molecular weight excluding hydrogens is 364 g/mol. The Labute approximate surface area is 150 Å². The standard InChI is InChI=1S/C15H14N4O4S2/c1-2-22-13(21)12-11(8-5-3-4-6-9(8)23-12)17-10(20)7-24-15-19-18-14(16)25-15/h3-6H,2,7H2,1H3,(H2,16,18)(H,17,20). The highest BCUT2D eigenvalue weighted by Crippen LogP contribution is 2.32. The lowest BCUT2D eigenvalue weighted by molar-refractivity contribution is -0.113. The van der Waals surface area contributed by atoms with Crippen LogP contribution in [-0.2, 0) is 9.53 Å². The molecule has 0 aliphatic heterocycles. The van der Waals surface area contributed by atoms with Gasteiger partial charge in [-0.1, -0.05) is 35.2 Å². The minimum atomic E-state index is -0.626. The van der Waals surface area contributed by atoms with Crippen molar-refractivity contribution in [3.05, 3.63) is 30.0 Å². The van der Waals surface area contributed by atoms with Gasteiger partial charge in [-0.15, -0.1) is 10.2 Å². The molecule has 2 aromatic heterocycles. The molecule has 3 rings (SSSR count). The number of nitrogens with zero attached hydrogens (tertiary/aromatic N) is 2. The number of esters is 1. The first-order chi connectivity index (χ1) is 12.1. The number of nitrogens with one attached hydrogen (secondary N) is 1. The molecule has 0 aliphatic rings. The monoisotopic (exact) mass is 378 g/mol. The molecule has 130 valence electrons. The molecular formula is C15H14N4O4S2. The van der Waals surface area contributed by atoms with Crippen molar-refractivity contribution in [3.63, 3.8) is 0 Å². The van der Waals surface area contributed by atoms with E-state index in [4.69, 9.17) is 14.9 Å². The fraction of sp³-hybridized carbons (Fsp3) is 0.200. The predicted octanol–water partition coefficient (Wildman–Crippen LogP) is 2.77. The highest BCUT2D eigenvalue weighted by molar-refractivity contribution is 8.01. The number of fused-ring (bicyclic) bond motifs is 1. The average molecular weight is 378 g/mol. The van der Waals surface area contributed by atoms with Crippen LogP contribution in [0.3, 0.4) is 0 Å². The Bertz CT molecular complexity index is 921. The van der Waals surface area contributed by atoms with Crippen LogP contribution in [0.15, 0.2) is 33.0 Å². The van der Waals surface area contributed by atoms with E-state index in [2.05, 4.69) is 15.5 Å². The number of nitrogens with two attached hydrogens (primary N) is 1. The maximum absolute atomic E-state index is 12.3. The number of furan rings is 1. The van der Waals surface area contributed by atoms with E-state index in [1.54, 1.807) is 31.2 Å². The van der Waals surface area contributed by atoms with Gasteiger partial charge in [0.2, 0.25) is 16.8 Å². The second-order valence-electron chi connectivity index (χ2n) is 4.77. The molecule has 25 heavy (non-hydrogen) atoms. The van der Waals surface area contributed by atoms with Crippen LogP contribution >= 0.6 is 23.1 Å². The number of rotatable bonds is 6. The number of thioether (sulfide) groups is 1. The van der Waals surface area contributed by atoms with Crippen LogP contribution in [0.5, 0.6) is 0 Å². The fourth-order valence-corrected chi connectivity index (χ4v) is 3.53. The van der Waals surface area contributed by atoms with Crippen molar-refractivity contribution in [3.8, 4) is 0 Å². The predicted molar refractivity (Wildman–Crippen MR) is 95.8 cm³/mol. The Kier molecular flexibility index (Phi) is 5.19. The number of hydrogen-bond donors (Lipinski definition) is 2. The van der Waals surface area contributed by atoms with Crippen molar-refractivity contribution in [1.29, 1.82) is 0 Å². The summed E-state index contributed by atoms with van der Waals surface area (Å²) in [6, 6.07) is 7.05. The molecule has 0 saturated heterocycles. The summed E-state index contributed by atoms with van der Waals surface area (Å²) in [4.78, 5) is 24.4. The maximum Gasteiger partial charge on any atom is 0.376 e. The summed E-state index contributed by atoms with van der Waals surface area (Å²) in [5, 5.41) is 11.2. The minimum Gasteiger partial charge on any atom is -0.460 e. The molecule has 0 spiro atoms. The molecule has 0 saturated carbocycles. The number of para-hydroxylation sites is 1. The van der Waals surface area contributed by atoms with Crippen LogP contribution in [-0.4, -0.2) is 34.4 Å². The zero-order valence-corrected chi connectivity index (χ0v) is 14.8. The number of nitrogen functional groups attached to an aromatic ring is 1. The molecule has 1 aromatic carbocycles. The number of anilines is 2. The molecule has 1 amide bonds. The van der Waals surface area contributed by atoms with Crippen molar-refractivity contribution in [2.45, 2.75) is 11.3 Å². The molecule has 2 heterocycles. The van der Waals surface area contributed by atoms with Crippen LogP contribution < -0.4 is 11.1 Å². The summed E-state index contributed by atoms with van der Waals surface area (Å²) in [5.74, 6) is -0.868. The third-order valence-corrected chi connectivity index (χ3v) is 4.96. The number of ether oxygens (including phenoxy) is 1. The van der Waals surface area contributed by atoms with Gasteiger partial charge in [-0.3, -0.25) is 4.79 Å². The lowest BCUT2D eigenvalue weighted by atomic mass is 10.2. The lowest BCUT2D eigenvalue weighted by Crippen LogP contribution is -2.16. The van der Waals surface area contributed by atoms with Crippen molar-refractivity contribution in [2.24, 2.45) is 0 Å². The number of aromatic nitrogens is 2. The van der Waals surface area contributed by atoms with Crippen molar-refractivity contribution in [2.75, 3.05) is 23.4 Å². The van der Waals surface area contributed by atoms with Gasteiger partial charge >= 0.3 is 5.97 Å². The van der Waals surface area contributed by atoms with E-state index in [1.165, 1.54) is 23.1 Å². The summed E-state index contributed by atoms with van der Waals surface area (Å²) in [5.41, 5.74) is 6.30. The Morgan fingerprint density at radius 3 is 2.88 bits per heavy atom. The maximum atomic E-state index is 12.3. The molecule has 3 aromatic rings. The zero-order valence-electron chi connectivity index (χ0n) is 13.1. The van der Waals surface area contributed by atoms with E-state index in [0.29, 0.717) is 26.1 Å². The van der Waals surface area contributed by atoms with Crippen molar-refractivity contribution in [1.82, 2.24) is 10.2 Å². The van der Waals surface area contributed by atoms with Gasteiger partial charge in [0, 0.05) is 5.39 Å². The molecule has 0 atom stereocenters. The van der Waals surface area contributed by atoms with Crippen LogP contribution in [0.4, 0.5) is 10.8 Å². The summed E-state index contributed by atoms with van der Waals surface area (Å²) < 4.78 is 11.1. The van der Waals surface area contributed by atoms with E-state index in [0.717, 1.165) is 0 Å². The number of carbonyl (C=O) groups excluding carboxylic acids is 2. The fourth-order valence-electron chi connectivity index (χ4n) is 2.09. The first-order valence-electron chi connectivity index (χ1n) is 7.28. The Morgan fingerprint density at radius 1 is 1.36 bits per heavy atom. The smallest absolute Gasteiger partial charge is 0.376 e. The molecule has 0 radical (unpaired) electrons. The molecule has 0 aliphatic carbocycles. The normalized spacial score (nSPS) is 10.8.